The zero-order chi connectivity index (χ0) is 15.7. The molecule has 0 radical (unpaired) electrons. The van der Waals surface area contributed by atoms with E-state index in [4.69, 9.17) is 14.6 Å². The number of methoxy groups -OCH3 is 1. The first-order valence-electron chi connectivity index (χ1n) is 7.34. The number of hydrogen-bond acceptors (Lipinski definition) is 4. The van der Waals surface area contributed by atoms with Crippen LogP contribution in [-0.4, -0.2) is 49.3 Å². The van der Waals surface area contributed by atoms with E-state index in [1.165, 1.54) is 0 Å². The standard InChI is InChI=1S/C16H25NO4/c1-4-17(5-2)10-11-21-15-12-13(7-9-16(18)19)6-8-14(15)20-3/h6,8,12H,4-5,7,9-11H2,1-3H3,(H,18,19). The molecule has 5 nitrogen and oxygen atoms in total. The molecular formula is C16H25NO4. The van der Waals surface area contributed by atoms with Crippen molar-refractivity contribution in [2.24, 2.45) is 0 Å². The second kappa shape index (κ2) is 9.23. The Balaban J connectivity index is 2.64. The molecule has 0 fully saturated rings. The molecule has 1 rings (SSSR count). The Kier molecular flexibility index (Phi) is 7.61. The van der Waals surface area contributed by atoms with Crippen molar-refractivity contribution in [1.82, 2.24) is 4.90 Å². The van der Waals surface area contributed by atoms with E-state index in [2.05, 4.69) is 18.7 Å². The highest BCUT2D eigenvalue weighted by atomic mass is 16.5. The van der Waals surface area contributed by atoms with Gasteiger partial charge in [-0.15, -0.1) is 0 Å². The van der Waals surface area contributed by atoms with Crippen LogP contribution < -0.4 is 9.47 Å². The van der Waals surface area contributed by atoms with Gasteiger partial charge < -0.3 is 19.5 Å². The van der Waals surface area contributed by atoms with Crippen LogP contribution in [0.4, 0.5) is 0 Å². The molecular weight excluding hydrogens is 270 g/mol. The van der Waals surface area contributed by atoms with Crippen molar-refractivity contribution in [3.63, 3.8) is 0 Å². The zero-order valence-electron chi connectivity index (χ0n) is 13.1. The first-order chi connectivity index (χ1) is 10.1. The van der Waals surface area contributed by atoms with Crippen LogP contribution in [0.2, 0.25) is 0 Å². The van der Waals surface area contributed by atoms with Gasteiger partial charge in [0.05, 0.1) is 7.11 Å². The summed E-state index contributed by atoms with van der Waals surface area (Å²) in [5.74, 6) is 0.552. The summed E-state index contributed by atoms with van der Waals surface area (Å²) < 4.78 is 11.1. The van der Waals surface area contributed by atoms with Crippen LogP contribution in [0.5, 0.6) is 11.5 Å². The van der Waals surface area contributed by atoms with Gasteiger partial charge in [-0.05, 0) is 37.2 Å². The Morgan fingerprint density at radius 3 is 2.52 bits per heavy atom. The second-order valence-corrected chi connectivity index (χ2v) is 4.75. The van der Waals surface area contributed by atoms with Gasteiger partial charge >= 0.3 is 5.97 Å². The van der Waals surface area contributed by atoms with Gasteiger partial charge in [-0.25, -0.2) is 0 Å². The van der Waals surface area contributed by atoms with Crippen molar-refractivity contribution < 1.29 is 19.4 Å². The van der Waals surface area contributed by atoms with Gasteiger partial charge in [0.1, 0.15) is 6.61 Å². The molecule has 1 aromatic rings. The Bertz CT molecular complexity index is 444. The summed E-state index contributed by atoms with van der Waals surface area (Å²) in [6, 6.07) is 5.56. The lowest BCUT2D eigenvalue weighted by atomic mass is 10.1. The van der Waals surface area contributed by atoms with Crippen molar-refractivity contribution >= 4 is 5.97 Å². The van der Waals surface area contributed by atoms with Gasteiger partial charge in [-0.3, -0.25) is 4.79 Å². The molecule has 21 heavy (non-hydrogen) atoms. The molecule has 1 N–H and O–H groups in total. The van der Waals surface area contributed by atoms with Crippen molar-refractivity contribution in [1.29, 1.82) is 0 Å². The third kappa shape index (κ3) is 6.04. The van der Waals surface area contributed by atoms with Crippen LogP contribution in [0.15, 0.2) is 18.2 Å². The summed E-state index contributed by atoms with van der Waals surface area (Å²) in [6.07, 6.45) is 0.608. The molecule has 0 unspecified atom stereocenters. The van der Waals surface area contributed by atoms with Crippen LogP contribution in [0.1, 0.15) is 25.8 Å². The number of benzene rings is 1. The van der Waals surface area contributed by atoms with Crippen LogP contribution >= 0.6 is 0 Å². The lowest BCUT2D eigenvalue weighted by molar-refractivity contribution is -0.136. The van der Waals surface area contributed by atoms with E-state index in [1.807, 2.05) is 18.2 Å². The number of aryl methyl sites for hydroxylation is 1. The van der Waals surface area contributed by atoms with Crippen molar-refractivity contribution in [3.05, 3.63) is 23.8 Å². The molecule has 0 saturated heterocycles. The van der Waals surface area contributed by atoms with Crippen LogP contribution in [-0.2, 0) is 11.2 Å². The summed E-state index contributed by atoms with van der Waals surface area (Å²) in [7, 11) is 1.60. The normalized spacial score (nSPS) is 10.7. The topological polar surface area (TPSA) is 59.0 Å². The molecule has 0 aliphatic carbocycles. The lowest BCUT2D eigenvalue weighted by Crippen LogP contribution is -2.27. The van der Waals surface area contributed by atoms with E-state index < -0.39 is 5.97 Å². The number of carbonyl (C=O) groups is 1. The highest BCUT2D eigenvalue weighted by molar-refractivity contribution is 5.67. The van der Waals surface area contributed by atoms with Gasteiger partial charge in [0.25, 0.3) is 0 Å². The minimum absolute atomic E-state index is 0.116. The smallest absolute Gasteiger partial charge is 0.303 e. The minimum atomic E-state index is -0.796. The molecule has 0 saturated carbocycles. The van der Waals surface area contributed by atoms with Crippen LogP contribution in [0.3, 0.4) is 0 Å². The van der Waals surface area contributed by atoms with E-state index in [1.54, 1.807) is 7.11 Å². The van der Waals surface area contributed by atoms with E-state index in [-0.39, 0.29) is 6.42 Å². The fourth-order valence-corrected chi connectivity index (χ4v) is 2.07. The zero-order valence-corrected chi connectivity index (χ0v) is 13.1. The van der Waals surface area contributed by atoms with Crippen LogP contribution in [0.25, 0.3) is 0 Å². The average molecular weight is 295 g/mol. The predicted molar refractivity (Wildman–Crippen MR) is 82.2 cm³/mol. The largest absolute Gasteiger partial charge is 0.493 e. The SMILES string of the molecule is CCN(CC)CCOc1cc(CCC(=O)O)ccc1OC. The summed E-state index contributed by atoms with van der Waals surface area (Å²) in [5, 5.41) is 8.74. The average Bonchev–Trinajstić information content (AvgIpc) is 2.49. The monoisotopic (exact) mass is 295 g/mol. The number of carboxylic acid groups (broad SMARTS) is 1. The Morgan fingerprint density at radius 2 is 1.95 bits per heavy atom. The second-order valence-electron chi connectivity index (χ2n) is 4.75. The maximum absolute atomic E-state index is 10.6. The van der Waals surface area contributed by atoms with E-state index >= 15 is 0 Å². The van der Waals surface area contributed by atoms with E-state index in [0.29, 0.717) is 24.5 Å². The maximum atomic E-state index is 10.6. The van der Waals surface area contributed by atoms with Crippen LogP contribution in [0, 0.1) is 0 Å². The summed E-state index contributed by atoms with van der Waals surface area (Å²) in [5.41, 5.74) is 0.941. The first kappa shape index (κ1) is 17.3. The molecule has 0 heterocycles. The number of carboxylic acids is 1. The molecule has 0 atom stereocenters. The Labute approximate surface area is 126 Å². The molecule has 5 heteroatoms. The minimum Gasteiger partial charge on any atom is -0.493 e. The number of likely N-dealkylation sites (N-methyl/N-ethyl adjacent to an activating group) is 1. The van der Waals surface area contributed by atoms with Gasteiger partial charge in [0.15, 0.2) is 11.5 Å². The van der Waals surface area contributed by atoms with E-state index in [0.717, 1.165) is 25.2 Å². The number of ether oxygens (including phenoxy) is 2. The maximum Gasteiger partial charge on any atom is 0.303 e. The molecule has 118 valence electrons. The number of rotatable bonds is 10. The molecule has 0 bridgehead atoms. The summed E-state index contributed by atoms with van der Waals surface area (Å²) >= 11 is 0. The Hall–Kier alpha value is -1.75. The summed E-state index contributed by atoms with van der Waals surface area (Å²) in [4.78, 5) is 12.9. The third-order valence-electron chi connectivity index (χ3n) is 3.42. The van der Waals surface area contributed by atoms with Crippen molar-refractivity contribution in [2.75, 3.05) is 33.4 Å². The quantitative estimate of drug-likeness (QED) is 0.718. The fourth-order valence-electron chi connectivity index (χ4n) is 2.07. The summed E-state index contributed by atoms with van der Waals surface area (Å²) in [6.45, 7) is 7.68. The third-order valence-corrected chi connectivity index (χ3v) is 3.42. The van der Waals surface area contributed by atoms with Gasteiger partial charge in [-0.2, -0.15) is 0 Å². The molecule has 0 aromatic heterocycles. The van der Waals surface area contributed by atoms with E-state index in [9.17, 15) is 4.79 Å². The molecule has 0 aliphatic heterocycles. The molecule has 0 amide bonds. The Morgan fingerprint density at radius 1 is 1.24 bits per heavy atom. The first-order valence-corrected chi connectivity index (χ1v) is 7.34. The van der Waals surface area contributed by atoms with Gasteiger partial charge in [-0.1, -0.05) is 19.9 Å². The number of nitrogens with zero attached hydrogens (tertiary/aromatic N) is 1. The van der Waals surface area contributed by atoms with Gasteiger partial charge in [0, 0.05) is 13.0 Å². The lowest BCUT2D eigenvalue weighted by Gasteiger charge is -2.19. The molecule has 1 aromatic carbocycles. The number of aliphatic carboxylic acids is 1. The predicted octanol–water partition coefficient (Wildman–Crippen LogP) is 2.43. The molecule has 0 spiro atoms. The van der Waals surface area contributed by atoms with Crippen molar-refractivity contribution in [3.8, 4) is 11.5 Å². The van der Waals surface area contributed by atoms with Crippen molar-refractivity contribution in [2.45, 2.75) is 26.7 Å². The highest BCUT2D eigenvalue weighted by Gasteiger charge is 2.08. The number of hydrogen-bond donors (Lipinski definition) is 1. The van der Waals surface area contributed by atoms with Gasteiger partial charge in [0.2, 0.25) is 0 Å². The fraction of sp³-hybridized carbons (Fsp3) is 0.562. The highest BCUT2D eigenvalue weighted by Crippen LogP contribution is 2.28. The molecule has 0 aliphatic rings.